The van der Waals surface area contributed by atoms with Gasteiger partial charge < -0.3 is 9.47 Å². The van der Waals surface area contributed by atoms with E-state index in [9.17, 15) is 10.1 Å². The van der Waals surface area contributed by atoms with Crippen molar-refractivity contribution in [1.29, 1.82) is 5.26 Å². The number of hydrogen-bond acceptors (Lipinski definition) is 5. The Morgan fingerprint density at radius 3 is 1.86 bits per heavy atom. The van der Waals surface area contributed by atoms with Crippen LogP contribution in [0, 0.1) is 11.3 Å². The van der Waals surface area contributed by atoms with Crippen molar-refractivity contribution in [3.05, 3.63) is 191 Å². The Balaban J connectivity index is 1.33. The van der Waals surface area contributed by atoms with Gasteiger partial charge in [-0.2, -0.15) is 10.2 Å². The van der Waals surface area contributed by atoms with E-state index < -0.39 is 11.6 Å². The van der Waals surface area contributed by atoms with E-state index >= 15 is 0 Å². The fourth-order valence-electron chi connectivity index (χ4n) is 6.41. The number of carbonyl (C=O) groups is 1. The third-order valence-electron chi connectivity index (χ3n) is 8.66. The van der Waals surface area contributed by atoms with E-state index in [1.165, 1.54) is 0 Å². The Morgan fingerprint density at radius 1 is 0.714 bits per heavy atom. The summed E-state index contributed by atoms with van der Waals surface area (Å²) in [6.45, 7) is 2.72. The standard InChI is InChI=1S/C43H33N3O3/c1-2-48-42-45-39-24-14-23-38(40(39)46(42)30-31-25-27-32(28-26-31)37-22-13-12-15-33(37)29-44)41(47)49-43(34-16-6-3-7-17-34,35-18-8-4-9-19-35)36-20-10-5-11-21-36/h3-28H,2,30H2,1H3. The zero-order valence-electron chi connectivity index (χ0n) is 27.0. The predicted molar refractivity (Wildman–Crippen MR) is 191 cm³/mol. The molecule has 0 bridgehead atoms. The molecule has 0 saturated heterocycles. The lowest BCUT2D eigenvalue weighted by molar-refractivity contribution is 0.0143. The smallest absolute Gasteiger partial charge is 0.341 e. The molecule has 0 aliphatic rings. The van der Waals surface area contributed by atoms with Gasteiger partial charge >= 0.3 is 5.97 Å². The molecule has 0 fully saturated rings. The summed E-state index contributed by atoms with van der Waals surface area (Å²) in [5.74, 6) is -0.491. The van der Waals surface area contributed by atoms with Crippen LogP contribution in [0.25, 0.3) is 22.2 Å². The number of fused-ring (bicyclic) bond motifs is 1. The summed E-state index contributed by atoms with van der Waals surface area (Å²) in [6.07, 6.45) is 0. The average Bonchev–Trinajstić information content (AvgIpc) is 3.51. The fourth-order valence-corrected chi connectivity index (χ4v) is 6.41. The first-order valence-electron chi connectivity index (χ1n) is 16.2. The summed E-state index contributed by atoms with van der Waals surface area (Å²) >= 11 is 0. The third-order valence-corrected chi connectivity index (χ3v) is 8.66. The van der Waals surface area contributed by atoms with Gasteiger partial charge in [0.1, 0.15) is 0 Å². The average molecular weight is 640 g/mol. The van der Waals surface area contributed by atoms with Crippen molar-refractivity contribution >= 4 is 17.0 Å². The second-order valence-corrected chi connectivity index (χ2v) is 11.6. The molecule has 7 aromatic rings. The minimum atomic E-state index is -1.23. The van der Waals surface area contributed by atoms with Crippen LogP contribution < -0.4 is 4.74 Å². The van der Waals surface area contributed by atoms with Gasteiger partial charge in [-0.3, -0.25) is 4.57 Å². The molecule has 6 aromatic carbocycles. The van der Waals surface area contributed by atoms with Crippen LogP contribution in [0.2, 0.25) is 0 Å². The summed E-state index contributed by atoms with van der Waals surface area (Å²) < 4.78 is 14.8. The molecule has 1 aromatic heterocycles. The van der Waals surface area contributed by atoms with Gasteiger partial charge in [-0.05, 0) is 41.8 Å². The highest BCUT2D eigenvalue weighted by Crippen LogP contribution is 2.42. The summed E-state index contributed by atoms with van der Waals surface area (Å²) in [5, 5.41) is 9.61. The van der Waals surface area contributed by atoms with Crippen LogP contribution >= 0.6 is 0 Å². The number of nitriles is 1. The highest BCUT2D eigenvalue weighted by atomic mass is 16.6. The number of aromatic nitrogens is 2. The number of rotatable bonds is 10. The van der Waals surface area contributed by atoms with Crippen LogP contribution in [0.3, 0.4) is 0 Å². The lowest BCUT2D eigenvalue weighted by Gasteiger charge is -2.35. The molecule has 0 aliphatic heterocycles. The van der Waals surface area contributed by atoms with Crippen LogP contribution in [-0.4, -0.2) is 22.1 Å². The largest absolute Gasteiger partial charge is 0.465 e. The van der Waals surface area contributed by atoms with E-state index in [-0.39, 0.29) is 0 Å². The minimum Gasteiger partial charge on any atom is -0.465 e. The molecule has 0 N–H and O–H groups in total. The number of benzene rings is 6. The molecule has 1 heterocycles. The fraction of sp³-hybridized carbons (Fsp3) is 0.0930. The molecule has 49 heavy (non-hydrogen) atoms. The number of para-hydroxylation sites is 1. The zero-order chi connectivity index (χ0) is 33.6. The van der Waals surface area contributed by atoms with E-state index in [2.05, 4.69) is 6.07 Å². The van der Waals surface area contributed by atoms with E-state index in [0.717, 1.165) is 33.4 Å². The van der Waals surface area contributed by atoms with Crippen molar-refractivity contribution in [3.63, 3.8) is 0 Å². The first-order chi connectivity index (χ1) is 24.1. The minimum absolute atomic E-state index is 0.377. The Bertz CT molecular complexity index is 2160. The summed E-state index contributed by atoms with van der Waals surface area (Å²) in [5.41, 5.74) is 6.31. The molecule has 0 spiro atoms. The molecular formula is C43H33N3O3. The van der Waals surface area contributed by atoms with Crippen molar-refractivity contribution in [3.8, 4) is 23.2 Å². The summed E-state index contributed by atoms with van der Waals surface area (Å²) in [7, 11) is 0. The van der Waals surface area contributed by atoms with E-state index in [1.54, 1.807) is 6.07 Å². The molecule has 0 aliphatic carbocycles. The van der Waals surface area contributed by atoms with Crippen LogP contribution in [0.1, 0.15) is 45.1 Å². The van der Waals surface area contributed by atoms with Gasteiger partial charge in [0, 0.05) is 16.7 Å². The van der Waals surface area contributed by atoms with Crippen LogP contribution in [0.5, 0.6) is 6.01 Å². The van der Waals surface area contributed by atoms with Crippen LogP contribution in [0.15, 0.2) is 158 Å². The normalized spacial score (nSPS) is 11.2. The topological polar surface area (TPSA) is 77.1 Å². The zero-order valence-corrected chi connectivity index (χ0v) is 27.0. The second-order valence-electron chi connectivity index (χ2n) is 11.6. The lowest BCUT2D eigenvalue weighted by Crippen LogP contribution is -2.35. The SMILES string of the molecule is CCOc1nc2cccc(C(=O)OC(c3ccccc3)(c3ccccc3)c3ccccc3)c2n1Cc1ccc(-c2ccccc2C#N)cc1. The first kappa shape index (κ1) is 31.2. The van der Waals surface area contributed by atoms with Gasteiger partial charge in [0.15, 0.2) is 5.60 Å². The molecule has 0 radical (unpaired) electrons. The van der Waals surface area contributed by atoms with Gasteiger partial charge in [0.05, 0.1) is 41.4 Å². The van der Waals surface area contributed by atoms with Gasteiger partial charge in [-0.1, -0.05) is 140 Å². The second kappa shape index (κ2) is 13.7. The van der Waals surface area contributed by atoms with Crippen LogP contribution in [0.4, 0.5) is 0 Å². The Labute approximate surface area is 285 Å². The Kier molecular flexibility index (Phi) is 8.73. The predicted octanol–water partition coefficient (Wildman–Crippen LogP) is 9.17. The molecule has 6 nitrogen and oxygen atoms in total. The number of ether oxygens (including phenoxy) is 2. The Hall–Kier alpha value is -6.45. The third kappa shape index (κ3) is 5.95. The van der Waals surface area contributed by atoms with Crippen LogP contribution in [-0.2, 0) is 16.9 Å². The molecule has 238 valence electrons. The molecule has 0 unspecified atom stereocenters. The van der Waals surface area contributed by atoms with Crippen molar-refractivity contribution in [1.82, 2.24) is 9.55 Å². The highest BCUT2D eigenvalue weighted by molar-refractivity contribution is 6.03. The quantitative estimate of drug-likeness (QED) is 0.110. The highest BCUT2D eigenvalue weighted by Gasteiger charge is 2.41. The number of carbonyl (C=O) groups excluding carboxylic acids is 1. The molecule has 6 heteroatoms. The van der Waals surface area contributed by atoms with Crippen molar-refractivity contribution in [2.45, 2.75) is 19.1 Å². The summed E-state index contributed by atoms with van der Waals surface area (Å²) in [6, 6.07) is 53.3. The maximum absolute atomic E-state index is 14.7. The number of imidazole rings is 1. The van der Waals surface area contributed by atoms with Crippen molar-refractivity contribution in [2.24, 2.45) is 0 Å². The molecular weight excluding hydrogens is 606 g/mol. The van der Waals surface area contributed by atoms with Crippen molar-refractivity contribution < 1.29 is 14.3 Å². The number of esters is 1. The van der Waals surface area contributed by atoms with E-state index in [4.69, 9.17) is 14.5 Å². The van der Waals surface area contributed by atoms with Gasteiger partial charge in [0.2, 0.25) is 0 Å². The summed E-state index contributed by atoms with van der Waals surface area (Å²) in [4.78, 5) is 19.5. The van der Waals surface area contributed by atoms with E-state index in [0.29, 0.717) is 41.3 Å². The molecule has 0 atom stereocenters. The van der Waals surface area contributed by atoms with Crippen molar-refractivity contribution in [2.75, 3.05) is 6.61 Å². The Morgan fingerprint density at radius 2 is 1.29 bits per heavy atom. The van der Waals surface area contributed by atoms with Gasteiger partial charge in [-0.25, -0.2) is 4.79 Å². The molecule has 7 rings (SSSR count). The maximum Gasteiger partial charge on any atom is 0.341 e. The van der Waals surface area contributed by atoms with E-state index in [1.807, 2.05) is 163 Å². The maximum atomic E-state index is 14.7. The monoisotopic (exact) mass is 639 g/mol. The van der Waals surface area contributed by atoms with Gasteiger partial charge in [-0.15, -0.1) is 0 Å². The van der Waals surface area contributed by atoms with Gasteiger partial charge in [0.25, 0.3) is 6.01 Å². The molecule has 0 saturated carbocycles. The molecule has 0 amide bonds. The number of hydrogen-bond donors (Lipinski definition) is 0. The lowest BCUT2D eigenvalue weighted by atomic mass is 9.80. The first-order valence-corrected chi connectivity index (χ1v) is 16.2. The number of nitrogens with zero attached hydrogens (tertiary/aromatic N) is 3.